The number of carbonyl (C=O) groups is 3. The summed E-state index contributed by atoms with van der Waals surface area (Å²) in [6.45, 7) is 2.00. The summed E-state index contributed by atoms with van der Waals surface area (Å²) >= 11 is 0. The molecule has 1 heterocycles. The Morgan fingerprint density at radius 1 is 1.26 bits per heavy atom. The molecule has 0 spiro atoms. The number of carbonyl (C=O) groups excluding carboxylic acids is 3. The maximum absolute atomic E-state index is 12.5. The normalized spacial score (nSPS) is 19.3. The van der Waals surface area contributed by atoms with Crippen LogP contribution in [-0.4, -0.2) is 41.2 Å². The fraction of sp³-hybridized carbons (Fsp3) is 0.438. The second-order valence-corrected chi connectivity index (χ2v) is 5.46. The van der Waals surface area contributed by atoms with Crippen molar-refractivity contribution in [3.05, 3.63) is 41.6 Å². The van der Waals surface area contributed by atoms with Gasteiger partial charge in [0.25, 0.3) is 5.91 Å². The van der Waals surface area contributed by atoms with Gasteiger partial charge in [-0.2, -0.15) is 0 Å². The van der Waals surface area contributed by atoms with Crippen molar-refractivity contribution in [2.24, 2.45) is 0 Å². The molecule has 1 saturated heterocycles. The summed E-state index contributed by atoms with van der Waals surface area (Å²) in [6, 6.07) is 7.29. The maximum Gasteiger partial charge on any atom is 3.00 e. The number of benzene rings is 1. The minimum Gasteiger partial charge on any atom is -0.666 e. The molecule has 23 heavy (non-hydrogen) atoms. The molecule has 0 aliphatic carbocycles. The van der Waals surface area contributed by atoms with E-state index in [1.54, 1.807) is 31.2 Å². The monoisotopic (exact) mass is 391 g/mol. The van der Waals surface area contributed by atoms with Crippen molar-refractivity contribution in [2.75, 3.05) is 6.54 Å². The van der Waals surface area contributed by atoms with Crippen LogP contribution in [0.1, 0.15) is 36.5 Å². The third kappa shape index (κ3) is 5.11. The molecular formula is C16H20N3O3Y+2. The zero-order valence-electron chi connectivity index (χ0n) is 13.1. The molecule has 6 nitrogen and oxygen atoms in total. The van der Waals surface area contributed by atoms with E-state index in [-0.39, 0.29) is 44.5 Å². The van der Waals surface area contributed by atoms with E-state index in [4.69, 9.17) is 5.73 Å². The van der Waals surface area contributed by atoms with Gasteiger partial charge in [0, 0.05) is 12.1 Å². The zero-order valence-corrected chi connectivity index (χ0v) is 16.0. The first-order valence-corrected chi connectivity index (χ1v) is 7.42. The number of amides is 3. The minimum atomic E-state index is -0.789. The Hall–Kier alpha value is -1.27. The molecule has 0 radical (unpaired) electrons. The molecule has 1 aliphatic heterocycles. The molecule has 3 amide bonds. The SMILES string of the molecule is CC(C([NH-])=O)N1CCCCC(NC(=O)c2ccccc2)C1=O.[Y+3]. The smallest absolute Gasteiger partial charge is 0.666 e. The van der Waals surface area contributed by atoms with Crippen LogP contribution in [0.4, 0.5) is 0 Å². The summed E-state index contributed by atoms with van der Waals surface area (Å²) in [5.74, 6) is -1.37. The number of hydrogen-bond donors (Lipinski definition) is 1. The van der Waals surface area contributed by atoms with Crippen LogP contribution in [-0.2, 0) is 42.3 Å². The first kappa shape index (κ1) is 19.8. The van der Waals surface area contributed by atoms with E-state index in [2.05, 4.69) is 5.32 Å². The van der Waals surface area contributed by atoms with Gasteiger partial charge in [-0.25, -0.2) is 0 Å². The van der Waals surface area contributed by atoms with Gasteiger partial charge in [-0.1, -0.05) is 18.2 Å². The largest absolute Gasteiger partial charge is 3.00 e. The van der Waals surface area contributed by atoms with Crippen LogP contribution >= 0.6 is 0 Å². The van der Waals surface area contributed by atoms with Crippen LogP contribution in [0.15, 0.2) is 30.3 Å². The van der Waals surface area contributed by atoms with E-state index < -0.39 is 18.0 Å². The van der Waals surface area contributed by atoms with Crippen LogP contribution in [0.3, 0.4) is 0 Å². The molecule has 1 aromatic rings. The van der Waals surface area contributed by atoms with Gasteiger partial charge in [-0.3, -0.25) is 9.59 Å². The predicted molar refractivity (Wildman–Crippen MR) is 82.1 cm³/mol. The Balaban J connectivity index is 0.00000264. The van der Waals surface area contributed by atoms with Crippen molar-refractivity contribution < 1.29 is 47.1 Å². The third-order valence-electron chi connectivity index (χ3n) is 3.91. The summed E-state index contributed by atoms with van der Waals surface area (Å²) < 4.78 is 0. The average Bonchev–Trinajstić information content (AvgIpc) is 2.70. The second kappa shape index (κ2) is 9.13. The van der Waals surface area contributed by atoms with E-state index in [0.29, 0.717) is 18.5 Å². The summed E-state index contributed by atoms with van der Waals surface area (Å²) in [7, 11) is 0. The van der Waals surface area contributed by atoms with Gasteiger partial charge >= 0.3 is 32.7 Å². The van der Waals surface area contributed by atoms with Gasteiger partial charge in [-0.05, 0) is 38.3 Å². The van der Waals surface area contributed by atoms with E-state index in [1.807, 2.05) is 6.07 Å². The standard InChI is InChI=1S/C16H21N3O3.Y/c1-11(14(17)20)19-10-6-5-9-13(16(19)22)18-15(21)12-7-3-2-4-8-12;/h2-4,7-8,11,13H,5-6,9-10H2,1H3,(H3,17,18,20,21);/q;+3/p-1. The van der Waals surface area contributed by atoms with Crippen LogP contribution in [0.5, 0.6) is 0 Å². The Bertz CT molecular complexity index is 565. The van der Waals surface area contributed by atoms with Crippen LogP contribution < -0.4 is 5.32 Å². The molecule has 0 saturated carbocycles. The summed E-state index contributed by atoms with van der Waals surface area (Å²) in [5.41, 5.74) is 7.70. The number of rotatable bonds is 4. The predicted octanol–water partition coefficient (Wildman–Crippen LogP) is 1.76. The molecule has 118 valence electrons. The molecule has 0 bridgehead atoms. The van der Waals surface area contributed by atoms with Crippen LogP contribution in [0.25, 0.3) is 5.73 Å². The van der Waals surface area contributed by atoms with Gasteiger partial charge in [0.05, 0.1) is 11.9 Å². The number of likely N-dealkylation sites (tertiary alicyclic amines) is 1. The quantitative estimate of drug-likeness (QED) is 0.848. The molecule has 1 aliphatic rings. The van der Waals surface area contributed by atoms with Crippen molar-refractivity contribution in [1.82, 2.24) is 10.2 Å². The minimum absolute atomic E-state index is 0. The van der Waals surface area contributed by atoms with Crippen molar-refractivity contribution in [3.63, 3.8) is 0 Å². The van der Waals surface area contributed by atoms with Gasteiger partial charge in [0.15, 0.2) is 0 Å². The number of hydrogen-bond acceptors (Lipinski definition) is 3. The Labute approximate surface area is 161 Å². The molecular weight excluding hydrogens is 371 g/mol. The van der Waals surface area contributed by atoms with Crippen molar-refractivity contribution in [3.8, 4) is 0 Å². The summed E-state index contributed by atoms with van der Waals surface area (Å²) in [6.07, 6.45) is 2.11. The zero-order chi connectivity index (χ0) is 16.1. The molecule has 7 heteroatoms. The molecule has 0 aromatic heterocycles. The average molecular weight is 391 g/mol. The first-order chi connectivity index (χ1) is 10.5. The van der Waals surface area contributed by atoms with E-state index in [1.165, 1.54) is 4.90 Å². The number of nitrogens with one attached hydrogen (secondary N) is 2. The van der Waals surface area contributed by atoms with Gasteiger partial charge < -0.3 is 20.7 Å². The van der Waals surface area contributed by atoms with Gasteiger partial charge in [0.2, 0.25) is 5.91 Å². The van der Waals surface area contributed by atoms with E-state index >= 15 is 0 Å². The van der Waals surface area contributed by atoms with Gasteiger partial charge in [-0.15, -0.1) is 0 Å². The Kier molecular flexibility index (Phi) is 7.85. The topological polar surface area (TPSA) is 90.3 Å². The molecule has 1 fully saturated rings. The van der Waals surface area contributed by atoms with E-state index in [0.717, 1.165) is 12.8 Å². The fourth-order valence-electron chi connectivity index (χ4n) is 2.56. The number of nitrogens with zero attached hydrogens (tertiary/aromatic N) is 1. The fourth-order valence-corrected chi connectivity index (χ4v) is 2.56. The van der Waals surface area contributed by atoms with Crippen LogP contribution in [0.2, 0.25) is 0 Å². The summed E-state index contributed by atoms with van der Waals surface area (Å²) in [5, 5.41) is 2.75. The van der Waals surface area contributed by atoms with Crippen molar-refractivity contribution in [1.29, 1.82) is 0 Å². The molecule has 2 unspecified atom stereocenters. The molecule has 2 rings (SSSR count). The Morgan fingerprint density at radius 3 is 2.52 bits per heavy atom. The Morgan fingerprint density at radius 2 is 1.91 bits per heavy atom. The summed E-state index contributed by atoms with van der Waals surface area (Å²) in [4.78, 5) is 37.4. The third-order valence-corrected chi connectivity index (χ3v) is 3.91. The molecule has 1 aromatic carbocycles. The van der Waals surface area contributed by atoms with Crippen molar-refractivity contribution in [2.45, 2.75) is 38.3 Å². The van der Waals surface area contributed by atoms with Crippen LogP contribution in [0, 0.1) is 0 Å². The maximum atomic E-state index is 12.5. The molecule has 2 atom stereocenters. The first-order valence-electron chi connectivity index (χ1n) is 7.42. The van der Waals surface area contributed by atoms with Crippen molar-refractivity contribution >= 4 is 17.7 Å². The second-order valence-electron chi connectivity index (χ2n) is 5.46. The van der Waals surface area contributed by atoms with E-state index in [9.17, 15) is 14.4 Å². The molecule has 2 N–H and O–H groups in total. The van der Waals surface area contributed by atoms with Gasteiger partial charge in [0.1, 0.15) is 6.04 Å².